The lowest BCUT2D eigenvalue weighted by Gasteiger charge is -2.32. The van der Waals surface area contributed by atoms with Crippen LogP contribution < -0.4 is 10.1 Å². The van der Waals surface area contributed by atoms with Gasteiger partial charge >= 0.3 is 0 Å². The average molecular weight is 311 g/mol. The van der Waals surface area contributed by atoms with E-state index in [0.717, 1.165) is 31.3 Å². The number of hydrogen-bond acceptors (Lipinski definition) is 3. The highest BCUT2D eigenvalue weighted by Gasteiger charge is 2.18. The predicted octanol–water partition coefficient (Wildman–Crippen LogP) is 3.43. The zero-order valence-electron chi connectivity index (χ0n) is 13.1. The molecule has 4 heteroatoms. The Balaban J connectivity index is 1.78. The third-order valence-electron chi connectivity index (χ3n) is 4.15. The first-order chi connectivity index (χ1) is 10.2. The van der Waals surface area contributed by atoms with Crippen molar-refractivity contribution >= 4 is 11.6 Å². The minimum absolute atomic E-state index is 0.551. The number of rotatable bonds is 7. The Morgan fingerprint density at radius 1 is 1.29 bits per heavy atom. The quantitative estimate of drug-likeness (QED) is 0.835. The van der Waals surface area contributed by atoms with Crippen LogP contribution in [-0.2, 0) is 0 Å². The van der Waals surface area contributed by atoms with Crippen molar-refractivity contribution in [2.45, 2.75) is 32.7 Å². The van der Waals surface area contributed by atoms with Gasteiger partial charge in [-0.05, 0) is 57.8 Å². The molecule has 21 heavy (non-hydrogen) atoms. The molecule has 0 aliphatic carbocycles. The van der Waals surface area contributed by atoms with E-state index in [4.69, 9.17) is 16.3 Å². The van der Waals surface area contributed by atoms with Gasteiger partial charge in [-0.1, -0.05) is 23.7 Å². The molecule has 0 spiro atoms. The van der Waals surface area contributed by atoms with Crippen LogP contribution in [-0.4, -0.2) is 43.7 Å². The fourth-order valence-corrected chi connectivity index (χ4v) is 2.98. The molecule has 0 bridgehead atoms. The predicted molar refractivity (Wildman–Crippen MR) is 89.2 cm³/mol. The van der Waals surface area contributed by atoms with Crippen molar-refractivity contribution in [2.75, 3.05) is 32.8 Å². The van der Waals surface area contributed by atoms with E-state index in [9.17, 15) is 0 Å². The second-order valence-corrected chi connectivity index (χ2v) is 6.47. The zero-order chi connectivity index (χ0) is 15.1. The highest BCUT2D eigenvalue weighted by atomic mass is 35.5. The van der Waals surface area contributed by atoms with E-state index in [1.807, 2.05) is 24.3 Å². The van der Waals surface area contributed by atoms with Gasteiger partial charge < -0.3 is 10.1 Å². The second-order valence-electron chi connectivity index (χ2n) is 6.06. The van der Waals surface area contributed by atoms with E-state index >= 15 is 0 Å². The molecule has 0 radical (unpaired) electrons. The first-order valence-corrected chi connectivity index (χ1v) is 8.36. The number of halogens is 1. The summed E-state index contributed by atoms with van der Waals surface area (Å²) in [5, 5.41) is 4.12. The summed E-state index contributed by atoms with van der Waals surface area (Å²) in [7, 11) is 0. The van der Waals surface area contributed by atoms with Gasteiger partial charge in [0, 0.05) is 19.1 Å². The molecule has 0 saturated carbocycles. The zero-order valence-corrected chi connectivity index (χ0v) is 13.9. The maximum atomic E-state index is 6.11. The number of piperidine rings is 1. The Bertz CT molecular complexity index is 419. The van der Waals surface area contributed by atoms with Crippen LogP contribution in [0, 0.1) is 5.92 Å². The molecule has 1 aromatic rings. The minimum atomic E-state index is 0.551. The molecule has 1 aliphatic heterocycles. The lowest BCUT2D eigenvalue weighted by Crippen LogP contribution is -2.41. The summed E-state index contributed by atoms with van der Waals surface area (Å²) in [4.78, 5) is 2.52. The highest BCUT2D eigenvalue weighted by molar-refractivity contribution is 6.32. The molecule has 1 saturated heterocycles. The minimum Gasteiger partial charge on any atom is -0.491 e. The molecular formula is C17H27ClN2O. The molecule has 2 rings (SSSR count). The number of nitrogens with zero attached hydrogens (tertiary/aromatic N) is 1. The van der Waals surface area contributed by atoms with Gasteiger partial charge in [0.15, 0.2) is 0 Å². The van der Waals surface area contributed by atoms with Crippen molar-refractivity contribution < 1.29 is 4.74 Å². The lowest BCUT2D eigenvalue weighted by molar-refractivity contribution is 0.142. The van der Waals surface area contributed by atoms with Crippen LogP contribution in [0.1, 0.15) is 26.7 Å². The Labute approximate surface area is 133 Å². The molecule has 1 heterocycles. The van der Waals surface area contributed by atoms with Crippen molar-refractivity contribution in [3.8, 4) is 5.75 Å². The highest BCUT2D eigenvalue weighted by Crippen LogP contribution is 2.23. The number of nitrogens with one attached hydrogen (secondary N) is 1. The number of benzene rings is 1. The molecule has 1 fully saturated rings. The normalized spacial score (nSPS) is 16.6. The molecular weight excluding hydrogens is 284 g/mol. The summed E-state index contributed by atoms with van der Waals surface area (Å²) in [6, 6.07) is 8.22. The summed E-state index contributed by atoms with van der Waals surface area (Å²) >= 11 is 6.11. The van der Waals surface area contributed by atoms with Crippen LogP contribution in [0.2, 0.25) is 5.02 Å². The second kappa shape index (κ2) is 8.62. The topological polar surface area (TPSA) is 24.5 Å². The Morgan fingerprint density at radius 2 is 2.00 bits per heavy atom. The van der Waals surface area contributed by atoms with Crippen LogP contribution in [0.3, 0.4) is 0 Å². The van der Waals surface area contributed by atoms with E-state index in [1.165, 1.54) is 19.4 Å². The largest absolute Gasteiger partial charge is 0.491 e. The summed E-state index contributed by atoms with van der Waals surface area (Å²) in [5.41, 5.74) is 0. The Morgan fingerprint density at radius 3 is 2.67 bits per heavy atom. The van der Waals surface area contributed by atoms with Gasteiger partial charge in [-0.25, -0.2) is 0 Å². The van der Waals surface area contributed by atoms with Gasteiger partial charge in [-0.15, -0.1) is 0 Å². The molecule has 3 nitrogen and oxygen atoms in total. The van der Waals surface area contributed by atoms with E-state index in [1.54, 1.807) is 0 Å². The first kappa shape index (κ1) is 16.6. The standard InChI is InChI=1S/C17H27ClN2O/c1-14(2)20(13-15-7-9-19-10-8-15)11-12-21-17-6-4-3-5-16(17)18/h3-6,14-15,19H,7-13H2,1-2H3. The van der Waals surface area contributed by atoms with Crippen molar-refractivity contribution in [1.82, 2.24) is 10.2 Å². The molecule has 0 atom stereocenters. The maximum Gasteiger partial charge on any atom is 0.137 e. The monoisotopic (exact) mass is 310 g/mol. The number of ether oxygens (including phenoxy) is 1. The summed E-state index contributed by atoms with van der Waals surface area (Å²) in [6.45, 7) is 9.65. The smallest absolute Gasteiger partial charge is 0.137 e. The number of hydrogen-bond donors (Lipinski definition) is 1. The van der Waals surface area contributed by atoms with E-state index in [2.05, 4.69) is 24.1 Å². The summed E-state index contributed by atoms with van der Waals surface area (Å²) in [5.74, 6) is 1.60. The summed E-state index contributed by atoms with van der Waals surface area (Å²) in [6.07, 6.45) is 2.57. The number of para-hydroxylation sites is 1. The first-order valence-electron chi connectivity index (χ1n) is 7.99. The molecule has 0 unspecified atom stereocenters. The van der Waals surface area contributed by atoms with Crippen LogP contribution in [0.25, 0.3) is 0 Å². The molecule has 0 aromatic heterocycles. The SMILES string of the molecule is CC(C)N(CCOc1ccccc1Cl)CC1CCNCC1. The molecule has 1 aliphatic rings. The van der Waals surface area contributed by atoms with E-state index in [0.29, 0.717) is 17.7 Å². The Kier molecular flexibility index (Phi) is 6.81. The molecule has 0 amide bonds. The van der Waals surface area contributed by atoms with Crippen molar-refractivity contribution in [1.29, 1.82) is 0 Å². The van der Waals surface area contributed by atoms with Gasteiger partial charge in [0.2, 0.25) is 0 Å². The maximum absolute atomic E-state index is 6.11. The summed E-state index contributed by atoms with van der Waals surface area (Å²) < 4.78 is 5.82. The van der Waals surface area contributed by atoms with Gasteiger partial charge in [-0.2, -0.15) is 0 Å². The van der Waals surface area contributed by atoms with Gasteiger partial charge in [0.05, 0.1) is 5.02 Å². The fraction of sp³-hybridized carbons (Fsp3) is 0.647. The third kappa shape index (κ3) is 5.50. The Hall–Kier alpha value is -0.770. The van der Waals surface area contributed by atoms with Crippen molar-refractivity contribution in [2.24, 2.45) is 5.92 Å². The molecule has 1 N–H and O–H groups in total. The van der Waals surface area contributed by atoms with Crippen LogP contribution in [0.5, 0.6) is 5.75 Å². The van der Waals surface area contributed by atoms with Gasteiger partial charge in [0.1, 0.15) is 12.4 Å². The molecule has 1 aromatic carbocycles. The lowest BCUT2D eigenvalue weighted by atomic mass is 9.97. The molecule has 118 valence electrons. The average Bonchev–Trinajstić information content (AvgIpc) is 2.49. The van der Waals surface area contributed by atoms with Crippen LogP contribution >= 0.6 is 11.6 Å². The van der Waals surface area contributed by atoms with Crippen LogP contribution in [0.15, 0.2) is 24.3 Å². The van der Waals surface area contributed by atoms with Gasteiger partial charge in [-0.3, -0.25) is 4.90 Å². The fourth-order valence-electron chi connectivity index (χ4n) is 2.79. The third-order valence-corrected chi connectivity index (χ3v) is 4.47. The van der Waals surface area contributed by atoms with Crippen molar-refractivity contribution in [3.05, 3.63) is 29.3 Å². The van der Waals surface area contributed by atoms with E-state index in [-0.39, 0.29) is 0 Å². The van der Waals surface area contributed by atoms with Crippen molar-refractivity contribution in [3.63, 3.8) is 0 Å². The van der Waals surface area contributed by atoms with Crippen LogP contribution in [0.4, 0.5) is 0 Å². The van der Waals surface area contributed by atoms with Gasteiger partial charge in [0.25, 0.3) is 0 Å². The van der Waals surface area contributed by atoms with E-state index < -0.39 is 0 Å².